The van der Waals surface area contributed by atoms with Crippen LogP contribution in [-0.2, 0) is 14.6 Å². The summed E-state index contributed by atoms with van der Waals surface area (Å²) in [5, 5.41) is 3.20. The Labute approximate surface area is 109 Å². The van der Waals surface area contributed by atoms with Crippen molar-refractivity contribution in [3.8, 4) is 0 Å². The molecule has 2 heterocycles. The van der Waals surface area contributed by atoms with E-state index in [1.807, 2.05) is 11.8 Å². The van der Waals surface area contributed by atoms with Gasteiger partial charge in [-0.3, -0.25) is 4.79 Å². The highest BCUT2D eigenvalue weighted by Gasteiger charge is 2.33. The molecule has 1 N–H and O–H groups in total. The molecule has 5 nitrogen and oxygen atoms in total. The third-order valence-electron chi connectivity index (χ3n) is 3.79. The fourth-order valence-corrected chi connectivity index (χ4v) is 4.73. The molecule has 0 saturated carbocycles. The van der Waals surface area contributed by atoms with Crippen LogP contribution in [0.2, 0.25) is 0 Å². The fourth-order valence-electron chi connectivity index (χ4n) is 2.89. The second-order valence-corrected chi connectivity index (χ2v) is 7.53. The molecule has 0 spiro atoms. The molecule has 2 saturated heterocycles. The Hall–Kier alpha value is -0.620. The lowest BCUT2D eigenvalue weighted by Gasteiger charge is -2.34. The standard InChI is InChI=1S/C12H22N2O3S/c1-2-13-11-4-3-6-14(12(11)15)8-10-5-7-18(16,17)9-10/h10-11,13H,2-9H2,1H3. The first-order valence-electron chi connectivity index (χ1n) is 6.74. The maximum absolute atomic E-state index is 12.2. The summed E-state index contributed by atoms with van der Waals surface area (Å²) in [6.45, 7) is 4.18. The predicted molar refractivity (Wildman–Crippen MR) is 70.0 cm³/mol. The van der Waals surface area contributed by atoms with Crippen molar-refractivity contribution in [2.24, 2.45) is 5.92 Å². The summed E-state index contributed by atoms with van der Waals surface area (Å²) in [7, 11) is -2.84. The van der Waals surface area contributed by atoms with E-state index in [1.54, 1.807) is 0 Å². The lowest BCUT2D eigenvalue weighted by atomic mass is 10.0. The number of likely N-dealkylation sites (N-methyl/N-ethyl adjacent to an activating group) is 1. The molecule has 2 atom stereocenters. The van der Waals surface area contributed by atoms with Crippen molar-refractivity contribution < 1.29 is 13.2 Å². The molecule has 0 aromatic carbocycles. The van der Waals surface area contributed by atoms with Crippen LogP contribution in [0.25, 0.3) is 0 Å². The average Bonchev–Trinajstić information content (AvgIpc) is 2.64. The monoisotopic (exact) mass is 274 g/mol. The second-order valence-electron chi connectivity index (χ2n) is 5.31. The van der Waals surface area contributed by atoms with Crippen molar-refractivity contribution in [3.63, 3.8) is 0 Å². The van der Waals surface area contributed by atoms with E-state index in [2.05, 4.69) is 5.32 Å². The quantitative estimate of drug-likeness (QED) is 0.785. The first-order chi connectivity index (χ1) is 8.52. The van der Waals surface area contributed by atoms with E-state index in [9.17, 15) is 13.2 Å². The largest absolute Gasteiger partial charge is 0.341 e. The predicted octanol–water partition coefficient (Wildman–Crippen LogP) is 0.0216. The Bertz CT molecular complexity index is 406. The molecule has 2 aliphatic rings. The molecule has 0 aromatic heterocycles. The molecular weight excluding hydrogens is 252 g/mol. The Morgan fingerprint density at radius 3 is 2.78 bits per heavy atom. The maximum atomic E-state index is 12.2. The first-order valence-corrected chi connectivity index (χ1v) is 8.56. The Morgan fingerprint density at radius 2 is 2.17 bits per heavy atom. The van der Waals surface area contributed by atoms with E-state index in [-0.39, 0.29) is 29.4 Å². The summed E-state index contributed by atoms with van der Waals surface area (Å²) in [6, 6.07) is -0.0678. The second kappa shape index (κ2) is 5.57. The number of hydrogen-bond acceptors (Lipinski definition) is 4. The Kier molecular flexibility index (Phi) is 4.27. The average molecular weight is 274 g/mol. The van der Waals surface area contributed by atoms with Crippen LogP contribution in [0.3, 0.4) is 0 Å². The molecule has 2 unspecified atom stereocenters. The molecule has 0 aliphatic carbocycles. The van der Waals surface area contributed by atoms with Crippen LogP contribution >= 0.6 is 0 Å². The van der Waals surface area contributed by atoms with Gasteiger partial charge in [-0.25, -0.2) is 8.42 Å². The normalized spacial score (nSPS) is 31.8. The molecule has 0 bridgehead atoms. The molecule has 0 radical (unpaired) electrons. The number of carbonyl (C=O) groups is 1. The number of likely N-dealkylation sites (tertiary alicyclic amines) is 1. The van der Waals surface area contributed by atoms with E-state index in [0.29, 0.717) is 13.0 Å². The summed E-state index contributed by atoms with van der Waals surface area (Å²) >= 11 is 0. The van der Waals surface area contributed by atoms with Crippen molar-refractivity contribution in [1.29, 1.82) is 0 Å². The summed E-state index contributed by atoms with van der Waals surface area (Å²) < 4.78 is 22.8. The van der Waals surface area contributed by atoms with Crippen molar-refractivity contribution in [1.82, 2.24) is 10.2 Å². The van der Waals surface area contributed by atoms with Crippen LogP contribution in [0.4, 0.5) is 0 Å². The smallest absolute Gasteiger partial charge is 0.239 e. The number of piperidine rings is 1. The first kappa shape index (κ1) is 13.8. The van der Waals surface area contributed by atoms with E-state index in [1.165, 1.54) is 0 Å². The van der Waals surface area contributed by atoms with Crippen LogP contribution in [-0.4, -0.2) is 56.4 Å². The summed E-state index contributed by atoms with van der Waals surface area (Å²) in [4.78, 5) is 14.0. The van der Waals surface area contributed by atoms with Gasteiger partial charge in [-0.15, -0.1) is 0 Å². The van der Waals surface area contributed by atoms with Gasteiger partial charge >= 0.3 is 0 Å². The van der Waals surface area contributed by atoms with Gasteiger partial charge in [0.2, 0.25) is 5.91 Å². The lowest BCUT2D eigenvalue weighted by molar-refractivity contribution is -0.136. The highest BCUT2D eigenvalue weighted by molar-refractivity contribution is 7.91. The van der Waals surface area contributed by atoms with Crippen LogP contribution in [0, 0.1) is 5.92 Å². The molecule has 1 amide bonds. The van der Waals surface area contributed by atoms with Crippen LogP contribution in [0.1, 0.15) is 26.2 Å². The van der Waals surface area contributed by atoms with Crippen molar-refractivity contribution in [3.05, 3.63) is 0 Å². The van der Waals surface area contributed by atoms with Gasteiger partial charge in [-0.2, -0.15) is 0 Å². The number of nitrogens with one attached hydrogen (secondary N) is 1. The zero-order chi connectivity index (χ0) is 13.2. The van der Waals surface area contributed by atoms with Gasteiger partial charge in [0.15, 0.2) is 9.84 Å². The summed E-state index contributed by atoms with van der Waals surface area (Å²) in [5.41, 5.74) is 0. The van der Waals surface area contributed by atoms with Crippen LogP contribution < -0.4 is 5.32 Å². The van der Waals surface area contributed by atoms with Gasteiger partial charge in [-0.1, -0.05) is 6.92 Å². The zero-order valence-electron chi connectivity index (χ0n) is 10.9. The van der Waals surface area contributed by atoms with E-state index in [4.69, 9.17) is 0 Å². The molecule has 2 fully saturated rings. The van der Waals surface area contributed by atoms with Gasteiger partial charge < -0.3 is 10.2 Å². The van der Waals surface area contributed by atoms with Gasteiger partial charge in [0.1, 0.15) is 0 Å². The van der Waals surface area contributed by atoms with Crippen LogP contribution in [0.5, 0.6) is 0 Å². The number of hydrogen-bond donors (Lipinski definition) is 1. The van der Waals surface area contributed by atoms with E-state index >= 15 is 0 Å². The number of nitrogens with zero attached hydrogens (tertiary/aromatic N) is 1. The van der Waals surface area contributed by atoms with Gasteiger partial charge in [0, 0.05) is 13.1 Å². The number of sulfone groups is 1. The summed E-state index contributed by atoms with van der Waals surface area (Å²) in [5.74, 6) is 0.825. The molecule has 104 valence electrons. The fraction of sp³-hybridized carbons (Fsp3) is 0.917. The number of carbonyl (C=O) groups excluding carboxylic acids is 1. The van der Waals surface area contributed by atoms with Gasteiger partial charge in [0.05, 0.1) is 17.5 Å². The van der Waals surface area contributed by atoms with Crippen molar-refractivity contribution in [2.75, 3.05) is 31.1 Å². The minimum Gasteiger partial charge on any atom is -0.341 e. The third-order valence-corrected chi connectivity index (χ3v) is 5.62. The lowest BCUT2D eigenvalue weighted by Crippen LogP contribution is -2.51. The third kappa shape index (κ3) is 3.23. The maximum Gasteiger partial charge on any atom is 0.239 e. The minimum atomic E-state index is -2.84. The SMILES string of the molecule is CCNC1CCCN(CC2CCS(=O)(=O)C2)C1=O. The summed E-state index contributed by atoms with van der Waals surface area (Å²) in [6.07, 6.45) is 2.60. The number of rotatable bonds is 4. The highest BCUT2D eigenvalue weighted by Crippen LogP contribution is 2.21. The van der Waals surface area contributed by atoms with E-state index < -0.39 is 9.84 Å². The number of amides is 1. The van der Waals surface area contributed by atoms with E-state index in [0.717, 1.165) is 25.9 Å². The highest BCUT2D eigenvalue weighted by atomic mass is 32.2. The Balaban J connectivity index is 1.91. The molecule has 2 aliphatic heterocycles. The molecule has 18 heavy (non-hydrogen) atoms. The van der Waals surface area contributed by atoms with Crippen molar-refractivity contribution >= 4 is 15.7 Å². The van der Waals surface area contributed by atoms with Gasteiger partial charge in [-0.05, 0) is 31.7 Å². The molecular formula is C12H22N2O3S. The zero-order valence-corrected chi connectivity index (χ0v) is 11.7. The van der Waals surface area contributed by atoms with Crippen molar-refractivity contribution in [2.45, 2.75) is 32.2 Å². The molecule has 6 heteroatoms. The minimum absolute atomic E-state index is 0.0678. The van der Waals surface area contributed by atoms with Crippen LogP contribution in [0.15, 0.2) is 0 Å². The van der Waals surface area contributed by atoms with Gasteiger partial charge in [0.25, 0.3) is 0 Å². The molecule has 0 aromatic rings. The topological polar surface area (TPSA) is 66.5 Å². The molecule has 2 rings (SSSR count). The Morgan fingerprint density at radius 1 is 1.39 bits per heavy atom.